The molecule has 0 aliphatic carbocycles. The summed E-state index contributed by atoms with van der Waals surface area (Å²) in [6.07, 6.45) is 0. The molecule has 2 heteroatoms. The van der Waals surface area contributed by atoms with Crippen LogP contribution in [0.15, 0.2) is 42.5 Å². The quantitative estimate of drug-likeness (QED) is 0.855. The minimum atomic E-state index is -0.681. The van der Waals surface area contributed by atoms with Gasteiger partial charge in [-0.15, -0.1) is 0 Å². The van der Waals surface area contributed by atoms with Gasteiger partial charge in [0.05, 0.1) is 5.54 Å². The summed E-state index contributed by atoms with van der Waals surface area (Å²) in [4.78, 5) is 0. The predicted molar refractivity (Wildman–Crippen MR) is 73.0 cm³/mol. The van der Waals surface area contributed by atoms with Crippen molar-refractivity contribution in [3.8, 4) is 0 Å². The summed E-state index contributed by atoms with van der Waals surface area (Å²) in [5.41, 5.74) is 9.30. The first-order valence-electron chi connectivity index (χ1n) is 6.04. The van der Waals surface area contributed by atoms with Crippen LogP contribution in [0.1, 0.15) is 29.2 Å². The molecular weight excluding hydrogens is 225 g/mol. The Hall–Kier alpha value is -1.67. The number of halogens is 1. The maximum atomic E-state index is 13.7. The Balaban J connectivity index is 2.54. The zero-order chi connectivity index (χ0) is 13.3. The number of hydrogen-bond acceptors (Lipinski definition) is 1. The lowest BCUT2D eigenvalue weighted by molar-refractivity contribution is 0.575. The third kappa shape index (κ3) is 2.16. The van der Waals surface area contributed by atoms with Crippen LogP contribution in [0.5, 0.6) is 0 Å². The van der Waals surface area contributed by atoms with E-state index in [4.69, 9.17) is 5.73 Å². The van der Waals surface area contributed by atoms with E-state index in [0.717, 1.165) is 16.7 Å². The van der Waals surface area contributed by atoms with E-state index >= 15 is 0 Å². The Morgan fingerprint density at radius 2 is 1.67 bits per heavy atom. The van der Waals surface area contributed by atoms with Crippen LogP contribution in [0.2, 0.25) is 0 Å². The van der Waals surface area contributed by atoms with E-state index in [1.54, 1.807) is 13.0 Å². The second-order valence-corrected chi connectivity index (χ2v) is 4.98. The molecule has 0 fully saturated rings. The molecule has 0 aliphatic heterocycles. The van der Waals surface area contributed by atoms with Crippen molar-refractivity contribution in [2.45, 2.75) is 26.3 Å². The van der Waals surface area contributed by atoms with Crippen molar-refractivity contribution in [2.24, 2.45) is 5.73 Å². The fourth-order valence-electron chi connectivity index (χ4n) is 2.23. The molecule has 1 unspecified atom stereocenters. The van der Waals surface area contributed by atoms with Crippen molar-refractivity contribution >= 4 is 0 Å². The van der Waals surface area contributed by atoms with E-state index in [1.165, 1.54) is 6.07 Å². The maximum absolute atomic E-state index is 13.7. The summed E-state index contributed by atoms with van der Waals surface area (Å²) in [6, 6.07) is 13.1. The van der Waals surface area contributed by atoms with Gasteiger partial charge in [0.1, 0.15) is 5.82 Å². The largest absolute Gasteiger partial charge is 0.318 e. The van der Waals surface area contributed by atoms with Crippen LogP contribution in [0.4, 0.5) is 4.39 Å². The molecule has 1 nitrogen and oxygen atoms in total. The van der Waals surface area contributed by atoms with Crippen molar-refractivity contribution in [3.05, 3.63) is 70.5 Å². The summed E-state index contributed by atoms with van der Waals surface area (Å²) in [5, 5.41) is 0. The highest BCUT2D eigenvalue weighted by molar-refractivity contribution is 5.42. The molecule has 0 amide bonds. The summed E-state index contributed by atoms with van der Waals surface area (Å²) in [5.74, 6) is -0.210. The van der Waals surface area contributed by atoms with E-state index < -0.39 is 5.54 Å². The van der Waals surface area contributed by atoms with Crippen LogP contribution < -0.4 is 5.73 Å². The first-order chi connectivity index (χ1) is 8.43. The zero-order valence-corrected chi connectivity index (χ0v) is 11.0. The van der Waals surface area contributed by atoms with Crippen molar-refractivity contribution in [2.75, 3.05) is 0 Å². The van der Waals surface area contributed by atoms with Gasteiger partial charge >= 0.3 is 0 Å². The monoisotopic (exact) mass is 243 g/mol. The highest BCUT2D eigenvalue weighted by atomic mass is 19.1. The van der Waals surface area contributed by atoms with E-state index in [-0.39, 0.29) is 5.82 Å². The molecule has 0 aliphatic rings. The van der Waals surface area contributed by atoms with Gasteiger partial charge in [-0.25, -0.2) is 4.39 Å². The van der Waals surface area contributed by atoms with Gasteiger partial charge < -0.3 is 5.73 Å². The zero-order valence-electron chi connectivity index (χ0n) is 11.0. The van der Waals surface area contributed by atoms with Gasteiger partial charge in [0, 0.05) is 0 Å². The van der Waals surface area contributed by atoms with Crippen LogP contribution in [-0.2, 0) is 5.54 Å². The molecule has 0 spiro atoms. The third-order valence-corrected chi connectivity index (χ3v) is 3.48. The molecule has 0 saturated heterocycles. The van der Waals surface area contributed by atoms with Crippen molar-refractivity contribution in [1.82, 2.24) is 0 Å². The first-order valence-corrected chi connectivity index (χ1v) is 6.04. The molecule has 0 radical (unpaired) electrons. The standard InChI is InChI=1S/C16H18FN/c1-11-6-4-5-7-14(11)16(3,18)13-9-8-12(2)15(17)10-13/h4-10H,18H2,1-3H3. The smallest absolute Gasteiger partial charge is 0.126 e. The van der Waals surface area contributed by atoms with E-state index in [1.807, 2.05) is 44.2 Å². The molecule has 2 aromatic carbocycles. The van der Waals surface area contributed by atoms with Crippen LogP contribution >= 0.6 is 0 Å². The molecule has 0 bridgehead atoms. The molecule has 18 heavy (non-hydrogen) atoms. The molecule has 0 heterocycles. The van der Waals surface area contributed by atoms with Gasteiger partial charge in [0.15, 0.2) is 0 Å². The first kappa shape index (κ1) is 12.8. The van der Waals surface area contributed by atoms with E-state index in [0.29, 0.717) is 5.56 Å². The Morgan fingerprint density at radius 3 is 2.28 bits per heavy atom. The summed E-state index contributed by atoms with van der Waals surface area (Å²) in [6.45, 7) is 5.69. The van der Waals surface area contributed by atoms with Crippen LogP contribution in [0, 0.1) is 19.7 Å². The maximum Gasteiger partial charge on any atom is 0.126 e. The summed E-state index contributed by atoms with van der Waals surface area (Å²) < 4.78 is 13.7. The lowest BCUT2D eigenvalue weighted by Gasteiger charge is -2.28. The second-order valence-electron chi connectivity index (χ2n) is 4.98. The number of benzene rings is 2. The van der Waals surface area contributed by atoms with Gasteiger partial charge in [-0.3, -0.25) is 0 Å². The van der Waals surface area contributed by atoms with Crippen LogP contribution in [0.25, 0.3) is 0 Å². The predicted octanol–water partition coefficient (Wildman–Crippen LogP) is 3.66. The van der Waals surface area contributed by atoms with Gasteiger partial charge in [-0.05, 0) is 49.1 Å². The molecule has 1 atom stereocenters. The van der Waals surface area contributed by atoms with Gasteiger partial charge in [-0.1, -0.05) is 36.4 Å². The fraction of sp³-hybridized carbons (Fsp3) is 0.250. The molecular formula is C16H18FN. The number of nitrogens with two attached hydrogens (primary N) is 1. The van der Waals surface area contributed by atoms with Crippen molar-refractivity contribution in [3.63, 3.8) is 0 Å². The highest BCUT2D eigenvalue weighted by Gasteiger charge is 2.25. The number of hydrogen-bond donors (Lipinski definition) is 1. The van der Waals surface area contributed by atoms with Gasteiger partial charge in [0.25, 0.3) is 0 Å². The number of aryl methyl sites for hydroxylation is 2. The highest BCUT2D eigenvalue weighted by Crippen LogP contribution is 2.29. The topological polar surface area (TPSA) is 26.0 Å². The minimum absolute atomic E-state index is 0.210. The Bertz CT molecular complexity index is 573. The van der Waals surface area contributed by atoms with E-state index in [9.17, 15) is 4.39 Å². The van der Waals surface area contributed by atoms with Crippen molar-refractivity contribution in [1.29, 1.82) is 0 Å². The van der Waals surface area contributed by atoms with Gasteiger partial charge in [-0.2, -0.15) is 0 Å². The van der Waals surface area contributed by atoms with Gasteiger partial charge in [0.2, 0.25) is 0 Å². The fourth-order valence-corrected chi connectivity index (χ4v) is 2.23. The summed E-state index contributed by atoms with van der Waals surface area (Å²) in [7, 11) is 0. The third-order valence-electron chi connectivity index (χ3n) is 3.48. The Morgan fingerprint density at radius 1 is 1.00 bits per heavy atom. The van der Waals surface area contributed by atoms with Crippen LogP contribution in [-0.4, -0.2) is 0 Å². The molecule has 2 N–H and O–H groups in total. The lowest BCUT2D eigenvalue weighted by atomic mass is 9.83. The Labute approximate surface area is 107 Å². The minimum Gasteiger partial charge on any atom is -0.318 e. The SMILES string of the molecule is Cc1ccc(C(C)(N)c2ccccc2C)cc1F. The van der Waals surface area contributed by atoms with Crippen LogP contribution in [0.3, 0.4) is 0 Å². The normalized spacial score (nSPS) is 14.3. The van der Waals surface area contributed by atoms with Crippen molar-refractivity contribution < 1.29 is 4.39 Å². The second kappa shape index (κ2) is 4.54. The number of rotatable bonds is 2. The molecule has 2 aromatic rings. The summed E-state index contributed by atoms with van der Waals surface area (Å²) >= 11 is 0. The molecule has 94 valence electrons. The average molecular weight is 243 g/mol. The molecule has 0 saturated carbocycles. The lowest BCUT2D eigenvalue weighted by Crippen LogP contribution is -2.35. The molecule has 2 rings (SSSR count). The average Bonchev–Trinajstić information content (AvgIpc) is 2.33. The Kier molecular flexibility index (Phi) is 3.22. The molecule has 0 aromatic heterocycles. The van der Waals surface area contributed by atoms with E-state index in [2.05, 4.69) is 0 Å².